The fraction of sp³-hybridized carbons (Fsp3) is 1.00. The minimum atomic E-state index is -1.43. The van der Waals surface area contributed by atoms with Crippen LogP contribution in [0.4, 0.5) is 4.11 Å². The molecule has 0 heterocycles. The molecule has 0 unspecified atom stereocenters. The Kier molecular flexibility index (Phi) is 4.63. The lowest BCUT2D eigenvalue weighted by Crippen LogP contribution is -2.46. The Hall–Kier alpha value is 0.107. The molecule has 0 saturated heterocycles. The van der Waals surface area contributed by atoms with Gasteiger partial charge in [-0.1, -0.05) is 38.5 Å². The van der Waals surface area contributed by atoms with Gasteiger partial charge in [-0.05, 0) is 25.7 Å². The van der Waals surface area contributed by atoms with Crippen molar-refractivity contribution in [1.82, 2.24) is 4.57 Å². The van der Waals surface area contributed by atoms with Crippen molar-refractivity contribution in [3.05, 3.63) is 0 Å². The van der Waals surface area contributed by atoms with Gasteiger partial charge in [-0.3, -0.25) is 4.57 Å². The summed E-state index contributed by atoms with van der Waals surface area (Å²) < 4.78 is 15.6. The van der Waals surface area contributed by atoms with Crippen molar-refractivity contribution < 1.29 is 4.11 Å². The Balaban J connectivity index is 1.88. The summed E-state index contributed by atoms with van der Waals surface area (Å²) in [6.07, 6.45) is 13.2. The van der Waals surface area contributed by atoms with Crippen molar-refractivity contribution >= 4 is 10.0 Å². The summed E-state index contributed by atoms with van der Waals surface area (Å²) in [7, 11) is -1.43. The van der Waals surface area contributed by atoms with Crippen LogP contribution in [-0.2, 0) is 0 Å². The molecule has 0 aliphatic heterocycles. The molecule has 0 aromatic rings. The maximum absolute atomic E-state index is 13.3. The second-order valence-corrected chi connectivity index (χ2v) is 6.19. The van der Waals surface area contributed by atoms with Crippen LogP contribution in [-0.4, -0.2) is 26.7 Å². The van der Waals surface area contributed by atoms with Gasteiger partial charge in [0.1, 0.15) is 0 Å². The third-order valence-corrected chi connectivity index (χ3v) is 5.53. The fourth-order valence-electron chi connectivity index (χ4n) is 3.32. The molecule has 0 radical (unpaired) electrons. The lowest BCUT2D eigenvalue weighted by Gasteiger charge is -2.39. The number of rotatable bonds is 3. The average molecular weight is 229 g/mol. The largest absolute Gasteiger partial charge is 0.302 e. The van der Waals surface area contributed by atoms with Gasteiger partial charge < -0.3 is 4.11 Å². The van der Waals surface area contributed by atoms with Crippen molar-refractivity contribution in [2.75, 3.05) is 0 Å². The molecule has 1 nitrogen and oxygen atoms in total. The molecule has 0 aromatic carbocycles. The van der Waals surface area contributed by atoms with E-state index in [0.717, 1.165) is 0 Å². The van der Waals surface area contributed by atoms with Crippen LogP contribution < -0.4 is 0 Å². The van der Waals surface area contributed by atoms with Crippen LogP contribution in [0.3, 0.4) is 0 Å². The maximum Gasteiger partial charge on any atom is 0.292 e. The monoisotopic (exact) mass is 229 g/mol. The van der Waals surface area contributed by atoms with Crippen LogP contribution in [0.15, 0.2) is 0 Å². The molecule has 0 bridgehead atoms. The Labute approximate surface area is 95.5 Å². The van der Waals surface area contributed by atoms with Crippen LogP contribution in [0.5, 0.6) is 0 Å². The van der Waals surface area contributed by atoms with E-state index in [1.165, 1.54) is 64.2 Å². The van der Waals surface area contributed by atoms with Gasteiger partial charge in [0.15, 0.2) is 0 Å². The standard InChI is InChI=1S/C12H24FNSi/c13-15-14(11-7-3-1-4-8-11)12-9-5-2-6-10-12/h11-12H,1-10,15H2. The first-order valence-corrected chi connectivity index (χ1v) is 7.90. The molecule has 0 amide bonds. The molecule has 0 atom stereocenters. The first-order valence-electron chi connectivity index (χ1n) is 6.73. The second kappa shape index (κ2) is 5.99. The van der Waals surface area contributed by atoms with E-state index in [2.05, 4.69) is 4.57 Å². The van der Waals surface area contributed by atoms with E-state index < -0.39 is 10.0 Å². The topological polar surface area (TPSA) is 3.24 Å². The van der Waals surface area contributed by atoms with E-state index in [4.69, 9.17) is 0 Å². The summed E-state index contributed by atoms with van der Waals surface area (Å²) in [6, 6.07) is 1.25. The van der Waals surface area contributed by atoms with Crippen LogP contribution in [0, 0.1) is 0 Å². The van der Waals surface area contributed by atoms with Gasteiger partial charge in [-0.15, -0.1) is 0 Å². The van der Waals surface area contributed by atoms with Gasteiger partial charge >= 0.3 is 0 Å². The van der Waals surface area contributed by atoms with Crippen LogP contribution >= 0.6 is 0 Å². The summed E-state index contributed by atoms with van der Waals surface area (Å²) in [5.74, 6) is 0. The molecular formula is C12H24FNSi. The SMILES string of the molecule is F[SiH2]N(C1CCCCC1)C1CCCCC1. The average Bonchev–Trinajstić information content (AvgIpc) is 2.33. The molecule has 2 aliphatic carbocycles. The number of nitrogens with zero attached hydrogens (tertiary/aromatic N) is 1. The van der Waals surface area contributed by atoms with Crippen molar-refractivity contribution in [2.45, 2.75) is 76.3 Å². The molecular weight excluding hydrogens is 205 g/mol. The van der Waals surface area contributed by atoms with Gasteiger partial charge in [0.05, 0.1) is 0 Å². The molecule has 0 N–H and O–H groups in total. The molecule has 3 heteroatoms. The van der Waals surface area contributed by atoms with Crippen molar-refractivity contribution in [3.8, 4) is 0 Å². The molecule has 0 spiro atoms. The number of hydrogen-bond acceptors (Lipinski definition) is 1. The molecule has 2 aliphatic rings. The van der Waals surface area contributed by atoms with Crippen LogP contribution in [0.1, 0.15) is 64.2 Å². The molecule has 0 aromatic heterocycles. The van der Waals surface area contributed by atoms with E-state index in [1.54, 1.807) is 0 Å². The molecule has 2 saturated carbocycles. The van der Waals surface area contributed by atoms with Crippen LogP contribution in [0.25, 0.3) is 0 Å². The predicted molar refractivity (Wildman–Crippen MR) is 65.2 cm³/mol. The normalized spacial score (nSPS) is 26.8. The highest BCUT2D eigenvalue weighted by Crippen LogP contribution is 2.29. The zero-order valence-electron chi connectivity index (χ0n) is 9.76. The Bertz CT molecular complexity index is 158. The Morgan fingerprint density at radius 3 is 1.47 bits per heavy atom. The lowest BCUT2D eigenvalue weighted by molar-refractivity contribution is 0.162. The van der Waals surface area contributed by atoms with Crippen molar-refractivity contribution in [1.29, 1.82) is 0 Å². The van der Waals surface area contributed by atoms with Gasteiger partial charge in [0, 0.05) is 12.1 Å². The zero-order valence-corrected chi connectivity index (χ0v) is 11.2. The second-order valence-electron chi connectivity index (χ2n) is 5.22. The zero-order chi connectivity index (χ0) is 10.5. The van der Waals surface area contributed by atoms with Crippen LogP contribution in [0.2, 0.25) is 0 Å². The van der Waals surface area contributed by atoms with E-state index in [0.29, 0.717) is 12.1 Å². The predicted octanol–water partition coefficient (Wildman–Crippen LogP) is 2.92. The smallest absolute Gasteiger partial charge is 0.292 e. The van der Waals surface area contributed by atoms with Gasteiger partial charge in [0.2, 0.25) is 0 Å². The molecule has 88 valence electrons. The highest BCUT2D eigenvalue weighted by atomic mass is 28.3. The maximum atomic E-state index is 13.3. The molecule has 15 heavy (non-hydrogen) atoms. The first kappa shape index (κ1) is 11.6. The van der Waals surface area contributed by atoms with Gasteiger partial charge in [-0.25, -0.2) is 0 Å². The van der Waals surface area contributed by atoms with Crippen molar-refractivity contribution in [3.63, 3.8) is 0 Å². The lowest BCUT2D eigenvalue weighted by atomic mass is 9.91. The van der Waals surface area contributed by atoms with Gasteiger partial charge in [0.25, 0.3) is 10.0 Å². The number of halogens is 1. The summed E-state index contributed by atoms with van der Waals surface area (Å²) in [5, 5.41) is 0. The minimum Gasteiger partial charge on any atom is -0.302 e. The highest BCUT2D eigenvalue weighted by Gasteiger charge is 2.28. The van der Waals surface area contributed by atoms with E-state index in [9.17, 15) is 4.11 Å². The minimum absolute atomic E-state index is 0.624. The molecule has 2 fully saturated rings. The summed E-state index contributed by atoms with van der Waals surface area (Å²) >= 11 is 0. The highest BCUT2D eigenvalue weighted by molar-refractivity contribution is 6.22. The summed E-state index contributed by atoms with van der Waals surface area (Å²) in [5.41, 5.74) is 0. The Morgan fingerprint density at radius 2 is 1.13 bits per heavy atom. The number of hydrogen-bond donors (Lipinski definition) is 0. The fourth-order valence-corrected chi connectivity index (χ4v) is 4.44. The molecule has 2 rings (SSSR count). The van der Waals surface area contributed by atoms with Crippen molar-refractivity contribution in [2.24, 2.45) is 0 Å². The van der Waals surface area contributed by atoms with E-state index >= 15 is 0 Å². The van der Waals surface area contributed by atoms with E-state index in [1.807, 2.05) is 0 Å². The van der Waals surface area contributed by atoms with E-state index in [-0.39, 0.29) is 0 Å². The summed E-state index contributed by atoms with van der Waals surface area (Å²) in [6.45, 7) is 0. The first-order chi connectivity index (χ1) is 7.42. The quantitative estimate of drug-likeness (QED) is 0.531. The summed E-state index contributed by atoms with van der Waals surface area (Å²) in [4.78, 5) is 0. The van der Waals surface area contributed by atoms with Gasteiger partial charge in [-0.2, -0.15) is 0 Å². The third kappa shape index (κ3) is 3.03. The Morgan fingerprint density at radius 1 is 0.733 bits per heavy atom. The third-order valence-electron chi connectivity index (χ3n) is 4.23.